The Labute approximate surface area is 241 Å². The van der Waals surface area contributed by atoms with Crippen LogP contribution in [0.15, 0.2) is 54.6 Å². The number of H-pyrrole nitrogens is 1. The van der Waals surface area contributed by atoms with Gasteiger partial charge in [0, 0.05) is 72.7 Å². The van der Waals surface area contributed by atoms with Crippen LogP contribution in [-0.4, -0.2) is 77.7 Å². The Morgan fingerprint density at radius 2 is 1.75 bits per heavy atom. The Hall–Kier alpha value is -3.69. The molecule has 1 aromatic heterocycles. The molecule has 0 saturated carbocycles. The van der Waals surface area contributed by atoms with Crippen LogP contribution >= 0.6 is 15.9 Å². The molecule has 0 spiro atoms. The van der Waals surface area contributed by atoms with Gasteiger partial charge in [-0.15, -0.1) is 0 Å². The molecule has 40 heavy (non-hydrogen) atoms. The molecule has 4 aromatic rings. The normalized spacial score (nSPS) is 17.4. The highest BCUT2D eigenvalue weighted by Gasteiger charge is 2.36. The zero-order valence-corrected chi connectivity index (χ0v) is 24.2. The number of piperazine rings is 1. The van der Waals surface area contributed by atoms with Crippen molar-refractivity contribution in [3.63, 3.8) is 0 Å². The van der Waals surface area contributed by atoms with Crippen molar-refractivity contribution in [2.75, 3.05) is 50.0 Å². The van der Waals surface area contributed by atoms with Crippen LogP contribution in [0.1, 0.15) is 34.5 Å². The van der Waals surface area contributed by atoms with Crippen molar-refractivity contribution in [3.05, 3.63) is 71.4 Å². The number of ketones is 1. The van der Waals surface area contributed by atoms with E-state index >= 15 is 0 Å². The van der Waals surface area contributed by atoms with Gasteiger partial charge in [-0.25, -0.2) is 4.79 Å². The first kappa shape index (κ1) is 26.5. The largest absolute Gasteiger partial charge is 0.415 e. The van der Waals surface area contributed by atoms with Gasteiger partial charge >= 0.3 is 6.09 Å². The second kappa shape index (κ2) is 10.7. The molecule has 2 aliphatic rings. The summed E-state index contributed by atoms with van der Waals surface area (Å²) in [4.78, 5) is 47.7. The maximum absolute atomic E-state index is 14.0. The van der Waals surface area contributed by atoms with Crippen LogP contribution in [0.2, 0.25) is 0 Å². The molecule has 3 heterocycles. The van der Waals surface area contributed by atoms with Crippen LogP contribution in [0.3, 0.4) is 0 Å². The molecule has 2 aliphatic heterocycles. The number of hydrogen-bond acceptors (Lipinski definition) is 5. The molecule has 1 atom stereocenters. The summed E-state index contributed by atoms with van der Waals surface area (Å²) >= 11 is 3.67. The number of aromatic nitrogens is 1. The first-order valence-corrected chi connectivity index (χ1v) is 14.6. The molecule has 6 rings (SSSR count). The highest BCUT2D eigenvalue weighted by Crippen LogP contribution is 2.46. The zero-order valence-electron chi connectivity index (χ0n) is 22.6. The fourth-order valence-corrected chi connectivity index (χ4v) is 6.33. The SMILES string of the molecule is CC(=O)Cc1ccc2[nH]c(C(=O)N3C[C@@H](CBr)c4c3cc(OC(=O)N3CCN(C)CC3)c3ccccc43)cc2c1. The van der Waals surface area contributed by atoms with E-state index in [1.54, 1.807) is 16.7 Å². The molecule has 3 aromatic carbocycles. The maximum Gasteiger partial charge on any atom is 0.415 e. The number of benzene rings is 3. The fraction of sp³-hybridized carbons (Fsp3) is 0.323. The minimum atomic E-state index is -0.372. The number of amides is 2. The molecule has 8 nitrogen and oxygen atoms in total. The fourth-order valence-electron chi connectivity index (χ4n) is 5.80. The van der Waals surface area contributed by atoms with Gasteiger partial charge < -0.3 is 24.4 Å². The molecule has 0 aliphatic carbocycles. The number of carbonyl (C=O) groups excluding carboxylic acids is 3. The lowest BCUT2D eigenvalue weighted by Crippen LogP contribution is -2.48. The van der Waals surface area contributed by atoms with Gasteiger partial charge in [-0.1, -0.05) is 46.3 Å². The van der Waals surface area contributed by atoms with Gasteiger partial charge in [0.2, 0.25) is 0 Å². The van der Waals surface area contributed by atoms with E-state index in [0.29, 0.717) is 42.8 Å². The average Bonchev–Trinajstić information content (AvgIpc) is 3.54. The number of halogens is 1. The monoisotopic (exact) mass is 602 g/mol. The number of aromatic amines is 1. The van der Waals surface area contributed by atoms with Gasteiger partial charge in [-0.05, 0) is 48.7 Å². The minimum absolute atomic E-state index is 0.0813. The van der Waals surface area contributed by atoms with Crippen molar-refractivity contribution >= 4 is 61.1 Å². The summed E-state index contributed by atoms with van der Waals surface area (Å²) in [6.45, 7) is 4.91. The molecule has 1 fully saturated rings. The third-order valence-corrected chi connectivity index (χ3v) is 8.67. The van der Waals surface area contributed by atoms with Gasteiger partial charge in [0.1, 0.15) is 17.2 Å². The van der Waals surface area contributed by atoms with Crippen molar-refractivity contribution in [2.24, 2.45) is 0 Å². The van der Waals surface area contributed by atoms with Crippen LogP contribution in [0.5, 0.6) is 5.75 Å². The van der Waals surface area contributed by atoms with Crippen LogP contribution < -0.4 is 9.64 Å². The third-order valence-electron chi connectivity index (χ3n) is 7.89. The molecular formula is C31H31BrN4O4. The third kappa shape index (κ3) is 4.88. The first-order chi connectivity index (χ1) is 19.3. The van der Waals surface area contributed by atoms with Gasteiger partial charge in [0.25, 0.3) is 5.91 Å². The highest BCUT2D eigenvalue weighted by atomic mass is 79.9. The zero-order chi connectivity index (χ0) is 28.0. The summed E-state index contributed by atoms with van der Waals surface area (Å²) < 4.78 is 6.01. The highest BCUT2D eigenvalue weighted by molar-refractivity contribution is 9.09. The predicted molar refractivity (Wildman–Crippen MR) is 160 cm³/mol. The Morgan fingerprint density at radius 3 is 2.48 bits per heavy atom. The number of carbonyl (C=O) groups is 3. The summed E-state index contributed by atoms with van der Waals surface area (Å²) in [6.07, 6.45) is -0.0115. The van der Waals surface area contributed by atoms with Crippen molar-refractivity contribution in [1.82, 2.24) is 14.8 Å². The number of alkyl halides is 1. The van der Waals surface area contributed by atoms with E-state index in [2.05, 4.69) is 25.8 Å². The molecule has 0 bridgehead atoms. The Bertz CT molecular complexity index is 1640. The molecule has 206 valence electrons. The lowest BCUT2D eigenvalue weighted by atomic mass is 9.95. The number of nitrogens with one attached hydrogen (secondary N) is 1. The lowest BCUT2D eigenvalue weighted by molar-refractivity contribution is -0.116. The van der Waals surface area contributed by atoms with Crippen LogP contribution in [0.4, 0.5) is 10.5 Å². The van der Waals surface area contributed by atoms with Crippen molar-refractivity contribution in [2.45, 2.75) is 19.3 Å². The number of Topliss-reactive ketones (excluding diaryl/α,β-unsaturated/α-hetero) is 1. The maximum atomic E-state index is 14.0. The van der Waals surface area contributed by atoms with E-state index in [-0.39, 0.29) is 23.7 Å². The van der Waals surface area contributed by atoms with E-state index in [9.17, 15) is 14.4 Å². The van der Waals surface area contributed by atoms with Gasteiger partial charge in [-0.2, -0.15) is 0 Å². The van der Waals surface area contributed by atoms with E-state index < -0.39 is 0 Å². The molecule has 2 amide bonds. The summed E-state index contributed by atoms with van der Waals surface area (Å²) in [5.41, 5.74) is 4.06. The quantitative estimate of drug-likeness (QED) is 0.312. The van der Waals surface area contributed by atoms with Crippen molar-refractivity contribution in [3.8, 4) is 5.75 Å². The standard InChI is InChI=1S/C31H31BrN4O4/c1-19(37)13-20-7-8-25-21(14-20)15-26(33-25)30(38)36-18-22(17-32)29-24-6-4-3-5-23(24)28(16-27(29)36)40-31(39)35-11-9-34(2)10-12-35/h3-8,14-16,22,33H,9-13,17-18H2,1-2H3/t22-/m1/s1. The molecular weight excluding hydrogens is 572 g/mol. The van der Waals surface area contributed by atoms with E-state index in [0.717, 1.165) is 51.6 Å². The Morgan fingerprint density at radius 1 is 1.00 bits per heavy atom. The molecule has 9 heteroatoms. The van der Waals surface area contributed by atoms with E-state index in [1.165, 1.54) is 0 Å². The lowest BCUT2D eigenvalue weighted by Gasteiger charge is -2.31. The number of hydrogen-bond donors (Lipinski definition) is 1. The first-order valence-electron chi connectivity index (χ1n) is 13.5. The number of anilines is 1. The van der Waals surface area contributed by atoms with E-state index in [4.69, 9.17) is 4.74 Å². The van der Waals surface area contributed by atoms with Gasteiger partial charge in [-0.3, -0.25) is 9.59 Å². The minimum Gasteiger partial charge on any atom is -0.409 e. The molecule has 0 radical (unpaired) electrons. The second-order valence-electron chi connectivity index (χ2n) is 10.8. The number of ether oxygens (including phenoxy) is 1. The summed E-state index contributed by atoms with van der Waals surface area (Å²) in [7, 11) is 2.04. The summed E-state index contributed by atoms with van der Waals surface area (Å²) in [5.74, 6) is 0.479. The topological polar surface area (TPSA) is 85.9 Å². The van der Waals surface area contributed by atoms with E-state index in [1.807, 2.05) is 61.6 Å². The Kier molecular flexibility index (Phi) is 7.10. The molecule has 0 unspecified atom stereocenters. The van der Waals surface area contributed by atoms with Crippen molar-refractivity contribution < 1.29 is 19.1 Å². The average molecular weight is 604 g/mol. The number of nitrogens with zero attached hydrogens (tertiary/aromatic N) is 3. The number of fused-ring (bicyclic) bond motifs is 4. The smallest absolute Gasteiger partial charge is 0.409 e. The van der Waals surface area contributed by atoms with Crippen LogP contribution in [0.25, 0.3) is 21.7 Å². The summed E-state index contributed by atoms with van der Waals surface area (Å²) in [6, 6.07) is 17.4. The number of rotatable bonds is 5. The molecule has 1 N–H and O–H groups in total. The van der Waals surface area contributed by atoms with Crippen molar-refractivity contribution in [1.29, 1.82) is 0 Å². The Balaban J connectivity index is 1.37. The molecule has 1 saturated heterocycles. The predicted octanol–water partition coefficient (Wildman–Crippen LogP) is 5.34. The summed E-state index contributed by atoms with van der Waals surface area (Å²) in [5, 5.41) is 3.41. The van der Waals surface area contributed by atoms with Crippen LogP contribution in [-0.2, 0) is 11.2 Å². The van der Waals surface area contributed by atoms with Crippen LogP contribution in [0, 0.1) is 0 Å². The van der Waals surface area contributed by atoms with Gasteiger partial charge in [0.05, 0.1) is 5.69 Å². The second-order valence-corrected chi connectivity index (χ2v) is 11.4. The number of likely N-dealkylation sites (N-methyl/N-ethyl adjacent to an activating group) is 1. The van der Waals surface area contributed by atoms with Gasteiger partial charge in [0.15, 0.2) is 0 Å².